The number of nitrogens with one attached hydrogen (secondary N) is 1. The normalized spacial score (nSPS) is 12.2. The lowest BCUT2D eigenvalue weighted by atomic mass is 9.87. The molecule has 2 rings (SSSR count). The van der Waals surface area contributed by atoms with Crippen molar-refractivity contribution in [2.24, 2.45) is 0 Å². The third kappa shape index (κ3) is 6.61. The highest BCUT2D eigenvalue weighted by atomic mass is 16.5. The Morgan fingerprint density at radius 3 is 2.17 bits per heavy atom. The molecule has 2 aromatic rings. The van der Waals surface area contributed by atoms with Crippen LogP contribution < -0.4 is 10.1 Å². The molecule has 1 atom stereocenters. The monoisotopic (exact) mass is 410 g/mol. The molecule has 0 aromatic heterocycles. The van der Waals surface area contributed by atoms with Crippen LogP contribution in [0.25, 0.3) is 0 Å². The van der Waals surface area contributed by atoms with E-state index in [9.17, 15) is 9.59 Å². The van der Waals surface area contributed by atoms with Gasteiger partial charge in [0.2, 0.25) is 5.91 Å². The van der Waals surface area contributed by atoms with E-state index >= 15 is 0 Å². The summed E-state index contributed by atoms with van der Waals surface area (Å²) in [6, 6.07) is 17.0. The van der Waals surface area contributed by atoms with Gasteiger partial charge in [0, 0.05) is 13.1 Å². The number of likely N-dealkylation sites (N-methyl/N-ethyl adjacent to an activating group) is 1. The van der Waals surface area contributed by atoms with Gasteiger partial charge >= 0.3 is 0 Å². The number of carbonyl (C=O) groups is 2. The van der Waals surface area contributed by atoms with Crippen molar-refractivity contribution >= 4 is 11.8 Å². The van der Waals surface area contributed by atoms with Crippen LogP contribution in [0, 0.1) is 0 Å². The molecule has 0 aliphatic carbocycles. The molecular formula is C25H34N2O3. The van der Waals surface area contributed by atoms with Gasteiger partial charge in [0.1, 0.15) is 11.8 Å². The van der Waals surface area contributed by atoms with E-state index in [1.54, 1.807) is 4.90 Å². The minimum Gasteiger partial charge on any atom is -0.484 e. The lowest BCUT2D eigenvalue weighted by Crippen LogP contribution is -2.50. The summed E-state index contributed by atoms with van der Waals surface area (Å²) in [4.78, 5) is 27.3. The predicted octanol–water partition coefficient (Wildman–Crippen LogP) is 4.31. The highest BCUT2D eigenvalue weighted by molar-refractivity contribution is 5.88. The van der Waals surface area contributed by atoms with Gasteiger partial charge in [-0.1, -0.05) is 70.2 Å². The molecule has 2 amide bonds. The van der Waals surface area contributed by atoms with Gasteiger partial charge in [-0.2, -0.15) is 0 Å². The van der Waals surface area contributed by atoms with Crippen molar-refractivity contribution in [1.82, 2.24) is 10.2 Å². The molecule has 0 radical (unpaired) electrons. The van der Waals surface area contributed by atoms with Crippen LogP contribution in [0.1, 0.15) is 52.2 Å². The zero-order chi connectivity index (χ0) is 22.1. The fourth-order valence-corrected chi connectivity index (χ4v) is 3.27. The average Bonchev–Trinajstić information content (AvgIpc) is 2.72. The Morgan fingerprint density at radius 2 is 1.63 bits per heavy atom. The Bertz CT molecular complexity index is 811. The van der Waals surface area contributed by atoms with E-state index in [1.807, 2.05) is 68.4 Å². The van der Waals surface area contributed by atoms with Gasteiger partial charge in [-0.15, -0.1) is 0 Å². The van der Waals surface area contributed by atoms with Crippen molar-refractivity contribution in [3.8, 4) is 5.75 Å². The first-order valence-corrected chi connectivity index (χ1v) is 10.6. The second-order valence-corrected chi connectivity index (χ2v) is 8.39. The number of carbonyl (C=O) groups excluding carboxylic acids is 2. The molecule has 0 bridgehead atoms. The highest BCUT2D eigenvalue weighted by Crippen LogP contribution is 2.24. The molecule has 0 heterocycles. The van der Waals surface area contributed by atoms with Gasteiger partial charge in [-0.3, -0.25) is 9.59 Å². The van der Waals surface area contributed by atoms with E-state index in [1.165, 1.54) is 5.56 Å². The Balaban J connectivity index is 2.14. The minimum atomic E-state index is -0.537. The number of hydrogen-bond acceptors (Lipinski definition) is 3. The third-order valence-electron chi connectivity index (χ3n) is 5.02. The van der Waals surface area contributed by atoms with Gasteiger partial charge in [-0.25, -0.2) is 0 Å². The van der Waals surface area contributed by atoms with Crippen molar-refractivity contribution < 1.29 is 14.3 Å². The molecule has 5 nitrogen and oxygen atoms in total. The van der Waals surface area contributed by atoms with E-state index < -0.39 is 6.04 Å². The summed E-state index contributed by atoms with van der Waals surface area (Å²) < 4.78 is 5.77. The van der Waals surface area contributed by atoms with Gasteiger partial charge in [0.15, 0.2) is 6.61 Å². The predicted molar refractivity (Wildman–Crippen MR) is 120 cm³/mol. The van der Waals surface area contributed by atoms with Crippen LogP contribution in [-0.4, -0.2) is 35.9 Å². The third-order valence-corrected chi connectivity index (χ3v) is 5.02. The van der Waals surface area contributed by atoms with Crippen molar-refractivity contribution in [3.05, 3.63) is 65.7 Å². The quantitative estimate of drug-likeness (QED) is 0.670. The number of ether oxygens (including phenoxy) is 1. The van der Waals surface area contributed by atoms with Gasteiger partial charge in [-0.05, 0) is 42.0 Å². The molecule has 162 valence electrons. The van der Waals surface area contributed by atoms with E-state index in [-0.39, 0.29) is 23.8 Å². The molecule has 5 heteroatoms. The summed E-state index contributed by atoms with van der Waals surface area (Å²) >= 11 is 0. The largest absolute Gasteiger partial charge is 0.484 e. The van der Waals surface area contributed by atoms with E-state index in [4.69, 9.17) is 4.74 Å². The van der Waals surface area contributed by atoms with E-state index in [2.05, 4.69) is 26.1 Å². The van der Waals surface area contributed by atoms with E-state index in [0.717, 1.165) is 5.56 Å². The molecule has 0 spiro atoms. The Hall–Kier alpha value is -2.82. The topological polar surface area (TPSA) is 58.6 Å². The Kier molecular flexibility index (Phi) is 8.46. The maximum atomic E-state index is 13.1. The first-order chi connectivity index (χ1) is 14.3. The van der Waals surface area contributed by atoms with Gasteiger partial charge < -0.3 is 15.0 Å². The van der Waals surface area contributed by atoms with Gasteiger partial charge in [0.05, 0.1) is 0 Å². The van der Waals surface area contributed by atoms with Crippen LogP contribution in [0.3, 0.4) is 0 Å². The van der Waals surface area contributed by atoms with Crippen LogP contribution in [-0.2, 0) is 21.5 Å². The Labute approximate surface area is 180 Å². The molecule has 1 N–H and O–H groups in total. The van der Waals surface area contributed by atoms with Gasteiger partial charge in [0.25, 0.3) is 5.91 Å². The zero-order valence-electron chi connectivity index (χ0n) is 18.8. The molecule has 0 saturated heterocycles. The van der Waals surface area contributed by atoms with Crippen LogP contribution in [0.5, 0.6) is 5.75 Å². The number of benzene rings is 2. The zero-order valence-corrected chi connectivity index (χ0v) is 18.8. The maximum absolute atomic E-state index is 13.1. The van der Waals surface area contributed by atoms with Crippen LogP contribution >= 0.6 is 0 Å². The fraction of sp³-hybridized carbons (Fsp3) is 0.440. The lowest BCUT2D eigenvalue weighted by molar-refractivity contribution is -0.142. The van der Waals surface area contributed by atoms with Crippen LogP contribution in [0.2, 0.25) is 0 Å². The molecule has 0 fully saturated rings. The second kappa shape index (κ2) is 10.8. The Morgan fingerprint density at radius 1 is 1.00 bits per heavy atom. The van der Waals surface area contributed by atoms with Crippen molar-refractivity contribution in [3.63, 3.8) is 0 Å². The van der Waals surface area contributed by atoms with Crippen molar-refractivity contribution in [2.75, 3.05) is 13.2 Å². The average molecular weight is 411 g/mol. The number of rotatable bonds is 9. The molecule has 2 aromatic carbocycles. The highest BCUT2D eigenvalue weighted by Gasteiger charge is 2.28. The SMILES string of the molecule is CCNC(=O)[C@@H](CC)N(Cc1ccccc1)C(=O)COc1ccc(C(C)(C)C)cc1. The van der Waals surface area contributed by atoms with Crippen molar-refractivity contribution in [2.45, 2.75) is 59.0 Å². The summed E-state index contributed by atoms with van der Waals surface area (Å²) in [6.07, 6.45) is 0.532. The first-order valence-electron chi connectivity index (χ1n) is 10.6. The van der Waals surface area contributed by atoms with Crippen LogP contribution in [0.4, 0.5) is 0 Å². The second-order valence-electron chi connectivity index (χ2n) is 8.39. The standard InChI is InChI=1S/C25H34N2O3/c1-6-22(24(29)26-7-2)27(17-19-11-9-8-10-12-19)23(28)18-30-21-15-13-20(14-16-21)25(3,4)5/h8-16,22H,6-7,17-18H2,1-5H3,(H,26,29)/t22-/m1/s1. The first kappa shape index (κ1) is 23.5. The molecular weight excluding hydrogens is 376 g/mol. The molecule has 30 heavy (non-hydrogen) atoms. The summed E-state index contributed by atoms with van der Waals surface area (Å²) in [5.41, 5.74) is 2.24. The maximum Gasteiger partial charge on any atom is 0.261 e. The molecule has 0 aliphatic rings. The van der Waals surface area contributed by atoms with E-state index in [0.29, 0.717) is 25.3 Å². The summed E-state index contributed by atoms with van der Waals surface area (Å²) in [5.74, 6) is 0.290. The number of amides is 2. The number of hydrogen-bond donors (Lipinski definition) is 1. The van der Waals surface area contributed by atoms with Crippen molar-refractivity contribution in [1.29, 1.82) is 0 Å². The number of nitrogens with zero attached hydrogens (tertiary/aromatic N) is 1. The van der Waals surface area contributed by atoms with Crippen LogP contribution in [0.15, 0.2) is 54.6 Å². The minimum absolute atomic E-state index is 0.0574. The lowest BCUT2D eigenvalue weighted by Gasteiger charge is -2.30. The summed E-state index contributed by atoms with van der Waals surface area (Å²) in [7, 11) is 0. The summed E-state index contributed by atoms with van der Waals surface area (Å²) in [5, 5.41) is 2.84. The molecule has 0 saturated carbocycles. The fourth-order valence-electron chi connectivity index (χ4n) is 3.27. The summed E-state index contributed by atoms with van der Waals surface area (Å²) in [6.45, 7) is 11.0. The molecule has 0 aliphatic heterocycles. The smallest absolute Gasteiger partial charge is 0.261 e. The molecule has 0 unspecified atom stereocenters.